The summed E-state index contributed by atoms with van der Waals surface area (Å²) in [5.74, 6) is 1.08. The van der Waals surface area contributed by atoms with Gasteiger partial charge in [-0.1, -0.05) is 23.7 Å². The molecular formula is C23H26ClN3O6S. The van der Waals surface area contributed by atoms with E-state index in [9.17, 15) is 9.59 Å². The lowest BCUT2D eigenvalue weighted by molar-refractivity contribution is -0.129. The molecule has 34 heavy (non-hydrogen) atoms. The molecule has 0 fully saturated rings. The number of hydrogen-bond donors (Lipinski definition) is 1. The van der Waals surface area contributed by atoms with Gasteiger partial charge in [-0.05, 0) is 31.8 Å². The molecule has 0 saturated heterocycles. The van der Waals surface area contributed by atoms with E-state index >= 15 is 0 Å². The molecule has 0 unspecified atom stereocenters. The molecule has 0 radical (unpaired) electrons. The third kappa shape index (κ3) is 3.92. The standard InChI is InChI=1S/C23H26ClN3O6S/c1-11-8-13(26-14(6-7-34-5)22-25-12(2)27-33-22)9-17(28)23(11)21(29)18-15(30-3)10-16(31-4)19(24)20(18)32-23/h9-11,14,26H,6-8H2,1-5H3/t11-,14-,23+/m1/s1. The highest BCUT2D eigenvalue weighted by atomic mass is 35.5. The molecule has 182 valence electrons. The van der Waals surface area contributed by atoms with Crippen LogP contribution in [0.4, 0.5) is 0 Å². The summed E-state index contributed by atoms with van der Waals surface area (Å²) in [6, 6.07) is 1.26. The zero-order valence-corrected chi connectivity index (χ0v) is 21.1. The molecule has 1 spiro atoms. The Kier molecular flexibility index (Phi) is 6.82. The van der Waals surface area contributed by atoms with E-state index in [0.717, 1.165) is 12.2 Å². The second-order valence-electron chi connectivity index (χ2n) is 8.26. The van der Waals surface area contributed by atoms with Crippen molar-refractivity contribution in [2.24, 2.45) is 5.92 Å². The minimum absolute atomic E-state index is 0.104. The summed E-state index contributed by atoms with van der Waals surface area (Å²) in [5, 5.41) is 7.37. The van der Waals surface area contributed by atoms with Gasteiger partial charge in [-0.25, -0.2) is 0 Å². The average molecular weight is 508 g/mol. The predicted molar refractivity (Wildman–Crippen MR) is 127 cm³/mol. The Morgan fingerprint density at radius 3 is 2.65 bits per heavy atom. The highest BCUT2D eigenvalue weighted by Crippen LogP contribution is 2.53. The number of methoxy groups -OCH3 is 2. The maximum atomic E-state index is 13.6. The molecule has 4 rings (SSSR count). The molecule has 2 heterocycles. The van der Waals surface area contributed by atoms with Crippen LogP contribution < -0.4 is 19.5 Å². The highest BCUT2D eigenvalue weighted by molar-refractivity contribution is 7.98. The van der Waals surface area contributed by atoms with Gasteiger partial charge in [0.25, 0.3) is 0 Å². The first-order valence-corrected chi connectivity index (χ1v) is 12.5. The number of aromatic nitrogens is 2. The fourth-order valence-corrected chi connectivity index (χ4v) is 5.14. The van der Waals surface area contributed by atoms with E-state index in [1.165, 1.54) is 26.4 Å². The van der Waals surface area contributed by atoms with Crippen LogP contribution in [0.25, 0.3) is 0 Å². The molecule has 1 aliphatic heterocycles. The Bertz CT molecular complexity index is 1170. The van der Waals surface area contributed by atoms with E-state index < -0.39 is 23.1 Å². The van der Waals surface area contributed by atoms with Crippen LogP contribution in [-0.4, -0.2) is 53.5 Å². The number of thioether (sulfide) groups is 1. The first-order chi connectivity index (χ1) is 16.3. The van der Waals surface area contributed by atoms with Gasteiger partial charge in [0.2, 0.25) is 23.1 Å². The monoisotopic (exact) mass is 507 g/mol. The summed E-state index contributed by atoms with van der Waals surface area (Å²) >= 11 is 8.14. The number of carbonyl (C=O) groups excluding carboxylic acids is 2. The number of halogens is 1. The van der Waals surface area contributed by atoms with Crippen molar-refractivity contribution in [3.05, 3.63) is 40.1 Å². The largest absolute Gasteiger partial charge is 0.496 e. The molecule has 1 aromatic heterocycles. The lowest BCUT2D eigenvalue weighted by Crippen LogP contribution is -2.55. The van der Waals surface area contributed by atoms with Crippen LogP contribution in [0.3, 0.4) is 0 Å². The van der Waals surface area contributed by atoms with Crippen molar-refractivity contribution in [2.75, 3.05) is 26.2 Å². The van der Waals surface area contributed by atoms with E-state index in [1.54, 1.807) is 18.7 Å². The zero-order valence-electron chi connectivity index (χ0n) is 19.6. The number of fused-ring (bicyclic) bond motifs is 1. The normalized spacial score (nSPS) is 22.3. The summed E-state index contributed by atoms with van der Waals surface area (Å²) in [7, 11) is 2.89. The maximum absolute atomic E-state index is 13.6. The zero-order chi connectivity index (χ0) is 24.6. The molecule has 2 aliphatic rings. The van der Waals surface area contributed by atoms with Gasteiger partial charge in [0.15, 0.2) is 11.6 Å². The Labute approximate surface area is 206 Å². The molecule has 1 aromatic carbocycles. The van der Waals surface area contributed by atoms with Gasteiger partial charge in [0.05, 0.1) is 14.2 Å². The minimum Gasteiger partial charge on any atom is -0.496 e. The number of nitrogens with one attached hydrogen (secondary N) is 1. The average Bonchev–Trinajstić information content (AvgIpc) is 3.38. The Morgan fingerprint density at radius 1 is 1.32 bits per heavy atom. The summed E-state index contributed by atoms with van der Waals surface area (Å²) in [6.45, 7) is 3.56. The van der Waals surface area contributed by atoms with E-state index in [0.29, 0.717) is 29.6 Å². The number of nitrogens with zero attached hydrogens (tertiary/aromatic N) is 2. The molecule has 1 N–H and O–H groups in total. The van der Waals surface area contributed by atoms with Crippen molar-refractivity contribution < 1.29 is 28.3 Å². The first kappa shape index (κ1) is 24.4. The van der Waals surface area contributed by atoms with Crippen molar-refractivity contribution in [3.63, 3.8) is 0 Å². The van der Waals surface area contributed by atoms with Crippen molar-refractivity contribution >= 4 is 34.9 Å². The number of aryl methyl sites for hydroxylation is 1. The number of carbonyl (C=O) groups is 2. The van der Waals surface area contributed by atoms with Crippen LogP contribution in [0, 0.1) is 12.8 Å². The van der Waals surface area contributed by atoms with Gasteiger partial charge < -0.3 is 24.1 Å². The number of allylic oxidation sites excluding steroid dienone is 1. The van der Waals surface area contributed by atoms with Crippen LogP contribution >= 0.6 is 23.4 Å². The predicted octanol–water partition coefficient (Wildman–Crippen LogP) is 3.94. The van der Waals surface area contributed by atoms with Gasteiger partial charge in [-0.3, -0.25) is 9.59 Å². The van der Waals surface area contributed by atoms with Gasteiger partial charge in [0.1, 0.15) is 28.1 Å². The lowest BCUT2D eigenvalue weighted by atomic mass is 9.74. The third-order valence-corrected chi connectivity index (χ3v) is 7.12. The van der Waals surface area contributed by atoms with Gasteiger partial charge >= 0.3 is 0 Å². The molecule has 11 heteroatoms. The molecule has 1 aliphatic carbocycles. The van der Waals surface area contributed by atoms with Crippen molar-refractivity contribution in [1.82, 2.24) is 15.5 Å². The third-order valence-electron chi connectivity index (χ3n) is 6.12. The number of benzene rings is 1. The van der Waals surface area contributed by atoms with Crippen molar-refractivity contribution in [2.45, 2.75) is 38.3 Å². The number of ketones is 2. The Hall–Kier alpha value is -2.72. The summed E-state index contributed by atoms with van der Waals surface area (Å²) in [4.78, 5) is 31.4. The smallest absolute Gasteiger partial charge is 0.249 e. The summed E-state index contributed by atoms with van der Waals surface area (Å²) in [5.41, 5.74) is -0.891. The Balaban J connectivity index is 1.66. The Morgan fingerprint density at radius 2 is 2.06 bits per heavy atom. The van der Waals surface area contributed by atoms with Gasteiger partial charge in [0, 0.05) is 23.8 Å². The van der Waals surface area contributed by atoms with Gasteiger partial charge in [-0.2, -0.15) is 16.7 Å². The quantitative estimate of drug-likeness (QED) is 0.527. The topological polar surface area (TPSA) is 113 Å². The number of Topliss-reactive ketones (excluding diaryl/α,β-unsaturated/α-hetero) is 1. The fourth-order valence-electron chi connectivity index (χ4n) is 4.40. The SMILES string of the molecule is COc1cc(OC)c2c(c1Cl)O[C@@]1(C(=O)C=C(N[C@H](CCSC)c3nc(C)no3)C[C@H]1C)C2=O. The van der Waals surface area contributed by atoms with Gasteiger partial charge in [-0.15, -0.1) is 0 Å². The summed E-state index contributed by atoms with van der Waals surface area (Å²) < 4.78 is 22.1. The highest BCUT2D eigenvalue weighted by Gasteiger charge is 2.60. The first-order valence-electron chi connectivity index (χ1n) is 10.8. The van der Waals surface area contributed by atoms with Crippen LogP contribution in [0.2, 0.25) is 5.02 Å². The van der Waals surface area contributed by atoms with Crippen LogP contribution in [0.1, 0.15) is 47.9 Å². The second kappa shape index (κ2) is 9.50. The number of rotatable bonds is 8. The second-order valence-corrected chi connectivity index (χ2v) is 9.63. The van der Waals surface area contributed by atoms with Crippen LogP contribution in [0.5, 0.6) is 17.2 Å². The van der Waals surface area contributed by atoms with Crippen molar-refractivity contribution in [1.29, 1.82) is 0 Å². The molecule has 0 saturated carbocycles. The molecule has 0 bridgehead atoms. The molecular weight excluding hydrogens is 482 g/mol. The van der Waals surface area contributed by atoms with E-state index in [-0.39, 0.29) is 28.1 Å². The van der Waals surface area contributed by atoms with Crippen molar-refractivity contribution in [3.8, 4) is 17.2 Å². The molecule has 9 nitrogen and oxygen atoms in total. The molecule has 0 amide bonds. The number of hydrogen-bond acceptors (Lipinski definition) is 10. The maximum Gasteiger partial charge on any atom is 0.249 e. The number of ether oxygens (including phenoxy) is 3. The van der Waals surface area contributed by atoms with Crippen LogP contribution in [-0.2, 0) is 4.79 Å². The molecule has 3 atom stereocenters. The minimum atomic E-state index is -1.72. The summed E-state index contributed by atoms with van der Waals surface area (Å²) in [6.07, 6.45) is 4.56. The van der Waals surface area contributed by atoms with E-state index in [2.05, 4.69) is 15.5 Å². The van der Waals surface area contributed by atoms with Crippen LogP contribution in [0.15, 0.2) is 22.4 Å². The fraction of sp³-hybridized carbons (Fsp3) is 0.478. The molecule has 2 aromatic rings. The van der Waals surface area contributed by atoms with E-state index in [1.807, 2.05) is 13.2 Å². The lowest BCUT2D eigenvalue weighted by Gasteiger charge is -2.35. The van der Waals surface area contributed by atoms with E-state index in [4.69, 9.17) is 30.3 Å².